The van der Waals surface area contributed by atoms with E-state index in [2.05, 4.69) is 30.1 Å². The van der Waals surface area contributed by atoms with Crippen LogP contribution < -0.4 is 4.74 Å². The third-order valence-corrected chi connectivity index (χ3v) is 2.48. The predicted molar refractivity (Wildman–Crippen MR) is 50.7 cm³/mol. The van der Waals surface area contributed by atoms with E-state index in [1.54, 1.807) is 6.26 Å². The molecule has 13 heavy (non-hydrogen) atoms. The number of nitrogens with zero attached hydrogens (tertiary/aromatic N) is 1. The molecule has 0 amide bonds. The van der Waals surface area contributed by atoms with E-state index in [0.717, 1.165) is 11.6 Å². The molecular formula is C10H14N2O. The number of aryl methyl sites for hydroxylation is 1. The fourth-order valence-corrected chi connectivity index (χ4v) is 1.74. The quantitative estimate of drug-likeness (QED) is 0.716. The zero-order valence-electron chi connectivity index (χ0n) is 8.16. The van der Waals surface area contributed by atoms with Crippen molar-refractivity contribution in [1.82, 2.24) is 10.2 Å². The summed E-state index contributed by atoms with van der Waals surface area (Å²) in [5.41, 5.74) is 2.32. The number of fused-ring (bicyclic) bond motifs is 1. The number of hydrogen-bond acceptors (Lipinski definition) is 2. The zero-order chi connectivity index (χ0) is 9.42. The standard InChI is InChI=1S/C10H14N2O/c1-6(2)8-4-5-13-10-9(8)7(3)11-12-10/h4-6,8H,1-3H3,(H,11,12). The Hall–Kier alpha value is -1.25. The summed E-state index contributed by atoms with van der Waals surface area (Å²) in [6.07, 6.45) is 3.82. The molecule has 3 heteroatoms. The van der Waals surface area contributed by atoms with Crippen molar-refractivity contribution in [2.24, 2.45) is 5.92 Å². The fourth-order valence-electron chi connectivity index (χ4n) is 1.74. The number of rotatable bonds is 1. The van der Waals surface area contributed by atoms with Crippen LogP contribution in [0.3, 0.4) is 0 Å². The molecule has 0 fully saturated rings. The van der Waals surface area contributed by atoms with Crippen LogP contribution in [0, 0.1) is 12.8 Å². The Kier molecular flexibility index (Phi) is 1.87. The van der Waals surface area contributed by atoms with Gasteiger partial charge in [0.2, 0.25) is 5.88 Å². The van der Waals surface area contributed by atoms with Crippen LogP contribution in [0.1, 0.15) is 31.0 Å². The van der Waals surface area contributed by atoms with Gasteiger partial charge in [0, 0.05) is 17.2 Å². The van der Waals surface area contributed by atoms with E-state index in [4.69, 9.17) is 4.74 Å². The molecule has 0 radical (unpaired) electrons. The predicted octanol–water partition coefficient (Wildman–Crippen LogP) is 2.36. The number of aromatic amines is 1. The molecule has 0 bridgehead atoms. The van der Waals surface area contributed by atoms with Gasteiger partial charge in [0.1, 0.15) is 0 Å². The summed E-state index contributed by atoms with van der Waals surface area (Å²) < 4.78 is 5.30. The van der Waals surface area contributed by atoms with Gasteiger partial charge in [0.05, 0.1) is 6.26 Å². The molecule has 0 aliphatic carbocycles. The largest absolute Gasteiger partial charge is 0.446 e. The highest BCUT2D eigenvalue weighted by Crippen LogP contribution is 2.36. The number of ether oxygens (including phenoxy) is 1. The van der Waals surface area contributed by atoms with Crippen molar-refractivity contribution in [3.8, 4) is 5.88 Å². The van der Waals surface area contributed by atoms with Gasteiger partial charge in [-0.25, -0.2) is 0 Å². The minimum atomic E-state index is 0.433. The van der Waals surface area contributed by atoms with Crippen LogP contribution in [0.4, 0.5) is 0 Å². The van der Waals surface area contributed by atoms with Crippen molar-refractivity contribution in [2.75, 3.05) is 0 Å². The highest BCUT2D eigenvalue weighted by molar-refractivity contribution is 5.39. The molecule has 1 aromatic rings. The summed E-state index contributed by atoms with van der Waals surface area (Å²) in [6.45, 7) is 6.44. The maximum absolute atomic E-state index is 5.30. The second-order valence-electron chi connectivity index (χ2n) is 3.78. The second-order valence-corrected chi connectivity index (χ2v) is 3.78. The Labute approximate surface area is 77.8 Å². The van der Waals surface area contributed by atoms with Gasteiger partial charge in [0.25, 0.3) is 0 Å². The van der Waals surface area contributed by atoms with Crippen molar-refractivity contribution in [3.05, 3.63) is 23.6 Å². The molecule has 1 N–H and O–H groups in total. The van der Waals surface area contributed by atoms with Crippen LogP contribution in [0.15, 0.2) is 12.3 Å². The molecular weight excluding hydrogens is 164 g/mol. The lowest BCUT2D eigenvalue weighted by atomic mass is 9.88. The fraction of sp³-hybridized carbons (Fsp3) is 0.500. The van der Waals surface area contributed by atoms with E-state index in [1.165, 1.54) is 5.56 Å². The summed E-state index contributed by atoms with van der Waals surface area (Å²) >= 11 is 0. The second kappa shape index (κ2) is 2.91. The minimum Gasteiger partial charge on any atom is -0.446 e. The smallest absolute Gasteiger partial charge is 0.241 e. The summed E-state index contributed by atoms with van der Waals surface area (Å²) in [4.78, 5) is 0. The third kappa shape index (κ3) is 1.24. The monoisotopic (exact) mass is 178 g/mol. The molecule has 2 heterocycles. The lowest BCUT2D eigenvalue weighted by molar-refractivity contribution is 0.417. The van der Waals surface area contributed by atoms with Gasteiger partial charge in [-0.3, -0.25) is 5.10 Å². The Morgan fingerprint density at radius 1 is 1.54 bits per heavy atom. The van der Waals surface area contributed by atoms with Crippen molar-refractivity contribution in [2.45, 2.75) is 26.7 Å². The van der Waals surface area contributed by atoms with Gasteiger partial charge in [-0.15, -0.1) is 5.10 Å². The van der Waals surface area contributed by atoms with E-state index in [0.29, 0.717) is 11.8 Å². The molecule has 1 atom stereocenters. The number of hydrogen-bond donors (Lipinski definition) is 1. The van der Waals surface area contributed by atoms with Crippen molar-refractivity contribution in [3.63, 3.8) is 0 Å². The normalized spacial score (nSPS) is 20.2. The lowest BCUT2D eigenvalue weighted by Gasteiger charge is -2.20. The molecule has 70 valence electrons. The molecule has 2 rings (SSSR count). The molecule has 1 aromatic heterocycles. The summed E-state index contributed by atoms with van der Waals surface area (Å²) in [6, 6.07) is 0. The molecule has 0 saturated carbocycles. The Morgan fingerprint density at radius 2 is 2.31 bits per heavy atom. The minimum absolute atomic E-state index is 0.433. The highest BCUT2D eigenvalue weighted by atomic mass is 16.5. The van der Waals surface area contributed by atoms with Crippen molar-refractivity contribution in [1.29, 1.82) is 0 Å². The van der Waals surface area contributed by atoms with Gasteiger partial charge in [-0.05, 0) is 18.9 Å². The number of aromatic nitrogens is 2. The van der Waals surface area contributed by atoms with Crippen LogP contribution in [-0.2, 0) is 0 Å². The number of allylic oxidation sites excluding steroid dienone is 1. The molecule has 3 nitrogen and oxygen atoms in total. The van der Waals surface area contributed by atoms with E-state index in [1.807, 2.05) is 6.92 Å². The van der Waals surface area contributed by atoms with E-state index in [9.17, 15) is 0 Å². The molecule has 0 saturated heterocycles. The van der Waals surface area contributed by atoms with E-state index >= 15 is 0 Å². The topological polar surface area (TPSA) is 37.9 Å². The maximum atomic E-state index is 5.30. The molecule has 1 aliphatic heterocycles. The average Bonchev–Trinajstić information content (AvgIpc) is 2.48. The van der Waals surface area contributed by atoms with Gasteiger partial charge in [0.15, 0.2) is 0 Å². The van der Waals surface area contributed by atoms with Crippen LogP contribution in [0.5, 0.6) is 5.88 Å². The van der Waals surface area contributed by atoms with E-state index < -0.39 is 0 Å². The summed E-state index contributed by atoms with van der Waals surface area (Å²) in [7, 11) is 0. The maximum Gasteiger partial charge on any atom is 0.241 e. The van der Waals surface area contributed by atoms with Crippen LogP contribution in [-0.4, -0.2) is 10.2 Å². The van der Waals surface area contributed by atoms with Gasteiger partial charge >= 0.3 is 0 Å². The lowest BCUT2D eigenvalue weighted by Crippen LogP contribution is -2.09. The summed E-state index contributed by atoms with van der Waals surface area (Å²) in [5.74, 6) is 1.75. The van der Waals surface area contributed by atoms with Gasteiger partial charge in [-0.1, -0.05) is 13.8 Å². The first-order valence-electron chi connectivity index (χ1n) is 4.58. The Bertz CT molecular complexity index is 339. The van der Waals surface area contributed by atoms with Crippen LogP contribution in [0.25, 0.3) is 0 Å². The molecule has 0 aromatic carbocycles. The Morgan fingerprint density at radius 3 is 3.00 bits per heavy atom. The van der Waals surface area contributed by atoms with Crippen molar-refractivity contribution >= 4 is 0 Å². The average molecular weight is 178 g/mol. The van der Waals surface area contributed by atoms with Crippen LogP contribution >= 0.6 is 0 Å². The first-order valence-corrected chi connectivity index (χ1v) is 4.58. The first kappa shape index (κ1) is 8.35. The molecule has 1 aliphatic rings. The molecule has 1 unspecified atom stereocenters. The first-order chi connectivity index (χ1) is 6.20. The SMILES string of the molecule is Cc1[nH]nc2c1C(C(C)C)C=CO2. The third-order valence-electron chi connectivity index (χ3n) is 2.48. The summed E-state index contributed by atoms with van der Waals surface area (Å²) in [5, 5.41) is 7.04. The molecule has 0 spiro atoms. The Balaban J connectivity index is 2.45. The van der Waals surface area contributed by atoms with Gasteiger partial charge < -0.3 is 4.74 Å². The number of nitrogens with one attached hydrogen (secondary N) is 1. The van der Waals surface area contributed by atoms with Crippen LogP contribution in [0.2, 0.25) is 0 Å². The number of H-pyrrole nitrogens is 1. The van der Waals surface area contributed by atoms with Crippen molar-refractivity contribution < 1.29 is 4.74 Å². The zero-order valence-corrected chi connectivity index (χ0v) is 8.16. The highest BCUT2D eigenvalue weighted by Gasteiger charge is 2.24. The van der Waals surface area contributed by atoms with E-state index in [-0.39, 0.29) is 0 Å². The van der Waals surface area contributed by atoms with Gasteiger partial charge in [-0.2, -0.15) is 0 Å².